The maximum atomic E-state index is 12.8. The van der Waals surface area contributed by atoms with Crippen LogP contribution in [0, 0.1) is 5.92 Å². The average Bonchev–Trinajstić information content (AvgIpc) is 3.46. The summed E-state index contributed by atoms with van der Waals surface area (Å²) < 4.78 is 42.3. The maximum absolute atomic E-state index is 12.8. The summed E-state index contributed by atoms with van der Waals surface area (Å²) in [5.41, 5.74) is 0. The molecule has 2 aromatic heterocycles. The van der Waals surface area contributed by atoms with Crippen LogP contribution in [0.3, 0.4) is 0 Å². The minimum atomic E-state index is -3.63. The van der Waals surface area contributed by atoms with Gasteiger partial charge in [-0.3, -0.25) is 10.1 Å². The van der Waals surface area contributed by atoms with Crippen LogP contribution in [0.4, 0.5) is 6.01 Å². The number of sulfonamides is 1. The van der Waals surface area contributed by atoms with Crippen molar-refractivity contribution in [2.75, 3.05) is 25.5 Å². The lowest BCUT2D eigenvalue weighted by Gasteiger charge is -2.30. The second kappa shape index (κ2) is 8.24. The number of carbonyl (C=O) groups is 1. The summed E-state index contributed by atoms with van der Waals surface area (Å²) in [7, 11) is -2.11. The van der Waals surface area contributed by atoms with Gasteiger partial charge in [0.15, 0.2) is 0 Å². The third kappa shape index (κ3) is 4.04. The SMILES string of the molecule is COc1ccc(S(=O)(=O)N2CCC(C(=O)Nc3nnc(-c4ccno4)o3)CC2)cc1. The quantitative estimate of drug-likeness (QED) is 0.615. The van der Waals surface area contributed by atoms with Crippen molar-refractivity contribution in [1.29, 1.82) is 0 Å². The number of nitrogens with zero attached hydrogens (tertiary/aromatic N) is 4. The number of anilines is 1. The molecule has 1 aromatic carbocycles. The summed E-state index contributed by atoms with van der Waals surface area (Å²) in [4.78, 5) is 12.7. The van der Waals surface area contributed by atoms with Gasteiger partial charge in [-0.05, 0) is 37.1 Å². The van der Waals surface area contributed by atoms with Gasteiger partial charge in [-0.2, -0.15) is 4.31 Å². The smallest absolute Gasteiger partial charge is 0.322 e. The highest BCUT2D eigenvalue weighted by Gasteiger charge is 2.32. The van der Waals surface area contributed by atoms with Gasteiger partial charge in [-0.25, -0.2) is 8.42 Å². The molecule has 1 amide bonds. The normalized spacial score (nSPS) is 15.8. The zero-order valence-electron chi connectivity index (χ0n) is 16.0. The fraction of sp³-hybridized carbons (Fsp3) is 0.333. The molecule has 0 atom stereocenters. The molecule has 1 fully saturated rings. The first-order chi connectivity index (χ1) is 14.5. The van der Waals surface area contributed by atoms with E-state index >= 15 is 0 Å². The second-order valence-electron chi connectivity index (χ2n) is 6.63. The monoisotopic (exact) mass is 433 g/mol. The number of hydrogen-bond donors (Lipinski definition) is 1. The minimum Gasteiger partial charge on any atom is -0.497 e. The van der Waals surface area contributed by atoms with Gasteiger partial charge in [0.25, 0.3) is 5.89 Å². The van der Waals surface area contributed by atoms with E-state index in [1.807, 2.05) is 0 Å². The topological polar surface area (TPSA) is 141 Å². The van der Waals surface area contributed by atoms with Gasteiger partial charge in [0.1, 0.15) is 5.75 Å². The van der Waals surface area contributed by atoms with Crippen molar-refractivity contribution in [3.8, 4) is 17.4 Å². The Bertz CT molecular complexity index is 1100. The largest absolute Gasteiger partial charge is 0.497 e. The van der Waals surface area contributed by atoms with Crippen molar-refractivity contribution in [1.82, 2.24) is 19.7 Å². The Hall–Kier alpha value is -3.25. The maximum Gasteiger partial charge on any atom is 0.322 e. The van der Waals surface area contributed by atoms with Crippen LogP contribution in [0.25, 0.3) is 11.7 Å². The highest BCUT2D eigenvalue weighted by molar-refractivity contribution is 7.89. The van der Waals surface area contributed by atoms with E-state index in [-0.39, 0.29) is 41.7 Å². The molecule has 3 heterocycles. The van der Waals surface area contributed by atoms with Crippen LogP contribution in [-0.2, 0) is 14.8 Å². The van der Waals surface area contributed by atoms with E-state index in [0.29, 0.717) is 24.4 Å². The summed E-state index contributed by atoms with van der Waals surface area (Å²) >= 11 is 0. The van der Waals surface area contributed by atoms with Gasteiger partial charge < -0.3 is 13.7 Å². The van der Waals surface area contributed by atoms with Crippen molar-refractivity contribution in [3.05, 3.63) is 36.5 Å². The fourth-order valence-corrected chi connectivity index (χ4v) is 4.63. The van der Waals surface area contributed by atoms with E-state index < -0.39 is 10.0 Å². The van der Waals surface area contributed by atoms with Crippen molar-refractivity contribution >= 4 is 21.9 Å². The van der Waals surface area contributed by atoms with Gasteiger partial charge in [-0.1, -0.05) is 10.3 Å². The molecular formula is C18H19N5O6S. The molecule has 12 heteroatoms. The summed E-state index contributed by atoms with van der Waals surface area (Å²) in [6.45, 7) is 0.471. The van der Waals surface area contributed by atoms with E-state index in [2.05, 4.69) is 20.7 Å². The Morgan fingerprint density at radius 2 is 1.90 bits per heavy atom. The van der Waals surface area contributed by atoms with E-state index in [4.69, 9.17) is 13.7 Å². The molecule has 158 valence electrons. The van der Waals surface area contributed by atoms with E-state index in [0.717, 1.165) is 0 Å². The predicted octanol–water partition coefficient (Wildman–Crippen LogP) is 1.77. The molecular weight excluding hydrogens is 414 g/mol. The number of carbonyl (C=O) groups excluding carboxylic acids is 1. The number of methoxy groups -OCH3 is 1. The third-order valence-electron chi connectivity index (χ3n) is 4.83. The summed E-state index contributed by atoms with van der Waals surface area (Å²) in [6.07, 6.45) is 2.19. The van der Waals surface area contributed by atoms with Crippen LogP contribution < -0.4 is 10.1 Å². The van der Waals surface area contributed by atoms with Gasteiger partial charge >= 0.3 is 6.01 Å². The third-order valence-corrected chi connectivity index (χ3v) is 6.74. The molecule has 0 unspecified atom stereocenters. The molecule has 1 aliphatic rings. The second-order valence-corrected chi connectivity index (χ2v) is 8.57. The Morgan fingerprint density at radius 1 is 1.17 bits per heavy atom. The Morgan fingerprint density at radius 3 is 2.53 bits per heavy atom. The lowest BCUT2D eigenvalue weighted by atomic mass is 9.97. The van der Waals surface area contributed by atoms with Crippen molar-refractivity contribution < 1.29 is 26.9 Å². The lowest BCUT2D eigenvalue weighted by Crippen LogP contribution is -2.41. The average molecular weight is 433 g/mol. The summed E-state index contributed by atoms with van der Waals surface area (Å²) in [6, 6.07) is 7.72. The van der Waals surface area contributed by atoms with Crippen molar-refractivity contribution in [2.45, 2.75) is 17.7 Å². The van der Waals surface area contributed by atoms with Gasteiger partial charge in [0, 0.05) is 25.1 Å². The van der Waals surface area contributed by atoms with E-state index in [9.17, 15) is 13.2 Å². The number of rotatable bonds is 6. The number of hydrogen-bond acceptors (Lipinski definition) is 9. The molecule has 1 N–H and O–H groups in total. The van der Waals surface area contributed by atoms with Crippen LogP contribution in [0.2, 0.25) is 0 Å². The molecule has 0 aliphatic carbocycles. The summed E-state index contributed by atoms with van der Waals surface area (Å²) in [5, 5.41) is 13.7. The molecule has 1 saturated heterocycles. The number of aromatic nitrogens is 3. The molecule has 3 aromatic rings. The standard InChI is InChI=1S/C18H19N5O6S/c1-27-13-2-4-14(5-3-13)30(25,26)23-10-7-12(8-11-23)16(24)20-18-22-21-17(28-18)15-6-9-19-29-15/h2-6,9,12H,7-8,10-11H2,1H3,(H,20,22,24). The summed E-state index contributed by atoms with van der Waals surface area (Å²) in [5.74, 6) is 0.303. The van der Waals surface area contributed by atoms with Gasteiger partial charge in [0.05, 0.1) is 18.2 Å². The van der Waals surface area contributed by atoms with Crippen LogP contribution in [-0.4, -0.2) is 54.2 Å². The van der Waals surface area contributed by atoms with E-state index in [1.165, 1.54) is 29.7 Å². The molecule has 1 aliphatic heterocycles. The molecule has 0 saturated carbocycles. The van der Waals surface area contributed by atoms with Crippen LogP contribution in [0.15, 0.2) is 50.4 Å². The first-order valence-corrected chi connectivity index (χ1v) is 10.6. The number of benzene rings is 1. The molecule has 0 spiro atoms. The molecule has 0 bridgehead atoms. The first-order valence-electron chi connectivity index (χ1n) is 9.17. The fourth-order valence-electron chi connectivity index (χ4n) is 3.16. The van der Waals surface area contributed by atoms with Crippen LogP contribution in [0.5, 0.6) is 5.75 Å². The number of ether oxygens (including phenoxy) is 1. The zero-order valence-corrected chi connectivity index (χ0v) is 16.8. The van der Waals surface area contributed by atoms with E-state index in [1.54, 1.807) is 18.2 Å². The Balaban J connectivity index is 1.35. The predicted molar refractivity (Wildman–Crippen MR) is 103 cm³/mol. The van der Waals surface area contributed by atoms with Gasteiger partial charge in [-0.15, -0.1) is 5.10 Å². The highest BCUT2D eigenvalue weighted by Crippen LogP contribution is 2.26. The van der Waals surface area contributed by atoms with Crippen LogP contribution >= 0.6 is 0 Å². The molecule has 30 heavy (non-hydrogen) atoms. The van der Waals surface area contributed by atoms with Crippen molar-refractivity contribution in [3.63, 3.8) is 0 Å². The van der Waals surface area contributed by atoms with Crippen molar-refractivity contribution in [2.24, 2.45) is 5.92 Å². The molecule has 11 nitrogen and oxygen atoms in total. The van der Waals surface area contributed by atoms with Gasteiger partial charge in [0.2, 0.25) is 21.7 Å². The minimum absolute atomic E-state index is 0.0558. The van der Waals surface area contributed by atoms with Crippen LogP contribution in [0.1, 0.15) is 12.8 Å². The Kier molecular flexibility index (Phi) is 5.50. The lowest BCUT2D eigenvalue weighted by molar-refractivity contribution is -0.121. The number of amides is 1. The number of nitrogens with one attached hydrogen (secondary N) is 1. The number of piperidine rings is 1. The first kappa shape index (κ1) is 20.0. The zero-order chi connectivity index (χ0) is 21.1. The Labute approximate surface area is 172 Å². The molecule has 0 radical (unpaired) electrons. The highest BCUT2D eigenvalue weighted by atomic mass is 32.2. The molecule has 4 rings (SSSR count).